The van der Waals surface area contributed by atoms with E-state index in [0.717, 1.165) is 35.7 Å². The molecular formula is C20H20N2O3. The van der Waals surface area contributed by atoms with Crippen LogP contribution in [0.3, 0.4) is 0 Å². The number of benzene rings is 2. The van der Waals surface area contributed by atoms with Crippen LogP contribution < -0.4 is 19.5 Å². The van der Waals surface area contributed by atoms with E-state index in [1.54, 1.807) is 0 Å². The maximum absolute atomic E-state index is 5.68. The molecule has 1 unspecified atom stereocenters. The predicted molar refractivity (Wildman–Crippen MR) is 95.6 cm³/mol. The van der Waals surface area contributed by atoms with E-state index in [2.05, 4.69) is 34.6 Å². The van der Waals surface area contributed by atoms with Crippen LogP contribution in [0.15, 0.2) is 36.4 Å². The minimum Gasteiger partial charge on any atom is -0.494 e. The second kappa shape index (κ2) is 5.70. The summed E-state index contributed by atoms with van der Waals surface area (Å²) in [5.41, 5.74) is 4.94. The van der Waals surface area contributed by atoms with Gasteiger partial charge in [-0.1, -0.05) is 6.07 Å². The Hall–Kier alpha value is -2.66. The molecule has 0 spiro atoms. The van der Waals surface area contributed by atoms with E-state index in [1.807, 2.05) is 19.1 Å². The summed E-state index contributed by atoms with van der Waals surface area (Å²) in [6.07, 6.45) is 1.01. The molecule has 128 valence electrons. The van der Waals surface area contributed by atoms with Gasteiger partial charge in [-0.3, -0.25) is 0 Å². The molecule has 1 aromatic heterocycles. The lowest BCUT2D eigenvalue weighted by Gasteiger charge is -2.25. The van der Waals surface area contributed by atoms with E-state index in [-0.39, 0.29) is 6.04 Å². The Balaban J connectivity index is 1.60. The largest absolute Gasteiger partial charge is 0.494 e. The van der Waals surface area contributed by atoms with Crippen molar-refractivity contribution in [3.63, 3.8) is 0 Å². The molecule has 2 aromatic carbocycles. The lowest BCUT2D eigenvalue weighted by Crippen LogP contribution is -2.30. The van der Waals surface area contributed by atoms with Crippen LogP contribution in [0.5, 0.6) is 17.2 Å². The van der Waals surface area contributed by atoms with E-state index in [9.17, 15) is 0 Å². The van der Waals surface area contributed by atoms with Crippen molar-refractivity contribution in [1.82, 2.24) is 10.3 Å². The van der Waals surface area contributed by atoms with Gasteiger partial charge >= 0.3 is 0 Å². The quantitative estimate of drug-likeness (QED) is 0.768. The standard InChI is InChI=1S/C20H20N2O3/c1-2-23-13-4-5-16-15(10-13)14-7-8-21-19(20(14)22-16)12-3-6-17-18(9-12)25-11-24-17/h3-6,9-10,19,21-22H,2,7-8,11H2,1H3. The molecule has 0 saturated heterocycles. The Morgan fingerprint density at radius 3 is 2.96 bits per heavy atom. The molecule has 3 aromatic rings. The molecule has 0 bridgehead atoms. The molecule has 0 amide bonds. The molecular weight excluding hydrogens is 316 g/mol. The average Bonchev–Trinajstić information content (AvgIpc) is 3.25. The van der Waals surface area contributed by atoms with Gasteiger partial charge in [-0.2, -0.15) is 0 Å². The lowest BCUT2D eigenvalue weighted by molar-refractivity contribution is 0.174. The first-order valence-electron chi connectivity index (χ1n) is 8.73. The van der Waals surface area contributed by atoms with Crippen molar-refractivity contribution in [2.45, 2.75) is 19.4 Å². The molecule has 2 N–H and O–H groups in total. The van der Waals surface area contributed by atoms with Crippen molar-refractivity contribution in [2.24, 2.45) is 0 Å². The van der Waals surface area contributed by atoms with E-state index < -0.39 is 0 Å². The van der Waals surface area contributed by atoms with Gasteiger partial charge < -0.3 is 24.5 Å². The number of rotatable bonds is 3. The zero-order valence-electron chi connectivity index (χ0n) is 14.1. The molecule has 3 heterocycles. The lowest BCUT2D eigenvalue weighted by atomic mass is 9.94. The molecule has 2 aliphatic heterocycles. The Labute approximate surface area is 145 Å². The third-order valence-corrected chi connectivity index (χ3v) is 4.96. The molecule has 5 heteroatoms. The van der Waals surface area contributed by atoms with Gasteiger partial charge in [-0.25, -0.2) is 0 Å². The molecule has 0 radical (unpaired) electrons. The van der Waals surface area contributed by atoms with Gasteiger partial charge in [0.05, 0.1) is 12.6 Å². The monoisotopic (exact) mass is 336 g/mol. The summed E-state index contributed by atoms with van der Waals surface area (Å²) in [6, 6.07) is 12.6. The second-order valence-electron chi connectivity index (χ2n) is 6.41. The van der Waals surface area contributed by atoms with Gasteiger partial charge in [0.2, 0.25) is 6.79 Å². The van der Waals surface area contributed by atoms with Crippen LogP contribution in [0.4, 0.5) is 0 Å². The Bertz CT molecular complexity index is 948. The molecule has 5 rings (SSSR count). The molecule has 0 aliphatic carbocycles. The highest BCUT2D eigenvalue weighted by atomic mass is 16.7. The van der Waals surface area contributed by atoms with Crippen LogP contribution >= 0.6 is 0 Å². The van der Waals surface area contributed by atoms with Crippen molar-refractivity contribution in [1.29, 1.82) is 0 Å². The predicted octanol–water partition coefficient (Wildman–Crippen LogP) is 3.53. The minimum absolute atomic E-state index is 0.126. The number of hydrogen-bond donors (Lipinski definition) is 2. The maximum Gasteiger partial charge on any atom is 0.231 e. The van der Waals surface area contributed by atoms with Crippen LogP contribution in [0.2, 0.25) is 0 Å². The van der Waals surface area contributed by atoms with Gasteiger partial charge in [-0.15, -0.1) is 0 Å². The highest BCUT2D eigenvalue weighted by Crippen LogP contribution is 2.39. The van der Waals surface area contributed by atoms with Gasteiger partial charge in [0.15, 0.2) is 11.5 Å². The highest BCUT2D eigenvalue weighted by Gasteiger charge is 2.27. The average molecular weight is 336 g/mol. The SMILES string of the molecule is CCOc1ccc2[nH]c3c(c2c1)CCNC3c1ccc2c(c1)OCO2. The van der Waals surface area contributed by atoms with Crippen LogP contribution in [-0.4, -0.2) is 24.9 Å². The molecule has 0 fully saturated rings. The smallest absolute Gasteiger partial charge is 0.231 e. The third kappa shape index (κ3) is 2.35. The highest BCUT2D eigenvalue weighted by molar-refractivity contribution is 5.86. The van der Waals surface area contributed by atoms with E-state index in [1.165, 1.54) is 22.2 Å². The maximum atomic E-state index is 5.68. The fourth-order valence-corrected chi connectivity index (χ4v) is 3.84. The normalized spacial score (nSPS) is 18.4. The van der Waals surface area contributed by atoms with Crippen molar-refractivity contribution in [3.05, 3.63) is 53.2 Å². The summed E-state index contributed by atoms with van der Waals surface area (Å²) in [5, 5.41) is 4.88. The molecule has 25 heavy (non-hydrogen) atoms. The number of aromatic nitrogens is 1. The Kier molecular flexibility index (Phi) is 3.35. The van der Waals surface area contributed by atoms with Gasteiger partial charge in [0.25, 0.3) is 0 Å². The van der Waals surface area contributed by atoms with Gasteiger partial charge in [0.1, 0.15) is 5.75 Å². The van der Waals surface area contributed by atoms with Crippen LogP contribution in [0.25, 0.3) is 10.9 Å². The number of aromatic amines is 1. The fraction of sp³-hybridized carbons (Fsp3) is 0.300. The summed E-state index contributed by atoms with van der Waals surface area (Å²) in [7, 11) is 0. The van der Waals surface area contributed by atoms with E-state index >= 15 is 0 Å². The van der Waals surface area contributed by atoms with Gasteiger partial charge in [0, 0.05) is 23.1 Å². The number of ether oxygens (including phenoxy) is 3. The molecule has 0 saturated carbocycles. The fourth-order valence-electron chi connectivity index (χ4n) is 3.84. The number of H-pyrrole nitrogens is 1. The minimum atomic E-state index is 0.126. The third-order valence-electron chi connectivity index (χ3n) is 4.96. The zero-order chi connectivity index (χ0) is 16.8. The first kappa shape index (κ1) is 14.7. The summed E-state index contributed by atoms with van der Waals surface area (Å²) in [5.74, 6) is 2.56. The number of hydrogen-bond acceptors (Lipinski definition) is 4. The van der Waals surface area contributed by atoms with Crippen LogP contribution in [0.1, 0.15) is 29.8 Å². The van der Waals surface area contributed by atoms with Crippen LogP contribution in [-0.2, 0) is 6.42 Å². The summed E-state index contributed by atoms with van der Waals surface area (Å²) < 4.78 is 16.6. The number of nitrogens with one attached hydrogen (secondary N) is 2. The Morgan fingerprint density at radius 2 is 2.04 bits per heavy atom. The Morgan fingerprint density at radius 1 is 1.12 bits per heavy atom. The van der Waals surface area contributed by atoms with Crippen LogP contribution in [0, 0.1) is 0 Å². The molecule has 5 nitrogen and oxygen atoms in total. The summed E-state index contributed by atoms with van der Waals surface area (Å²) >= 11 is 0. The van der Waals surface area contributed by atoms with E-state index in [4.69, 9.17) is 14.2 Å². The zero-order valence-corrected chi connectivity index (χ0v) is 14.1. The van der Waals surface area contributed by atoms with Crippen molar-refractivity contribution < 1.29 is 14.2 Å². The molecule has 2 aliphatic rings. The molecule has 1 atom stereocenters. The summed E-state index contributed by atoms with van der Waals surface area (Å²) in [4.78, 5) is 3.61. The summed E-state index contributed by atoms with van der Waals surface area (Å²) in [6.45, 7) is 3.93. The first-order chi connectivity index (χ1) is 12.3. The number of fused-ring (bicyclic) bond motifs is 4. The first-order valence-corrected chi connectivity index (χ1v) is 8.73. The van der Waals surface area contributed by atoms with E-state index in [0.29, 0.717) is 13.4 Å². The topological polar surface area (TPSA) is 55.5 Å². The van der Waals surface area contributed by atoms with Gasteiger partial charge in [-0.05, 0) is 54.8 Å². The van der Waals surface area contributed by atoms with Crippen molar-refractivity contribution in [2.75, 3.05) is 19.9 Å². The second-order valence-corrected chi connectivity index (χ2v) is 6.41. The van der Waals surface area contributed by atoms with Crippen molar-refractivity contribution >= 4 is 10.9 Å². The van der Waals surface area contributed by atoms with Crippen molar-refractivity contribution in [3.8, 4) is 17.2 Å².